The molecule has 0 atom stereocenters. The van der Waals surface area contributed by atoms with Gasteiger partial charge in [0.25, 0.3) is 5.91 Å². The van der Waals surface area contributed by atoms with Crippen molar-refractivity contribution >= 4 is 17.7 Å². The van der Waals surface area contributed by atoms with E-state index in [1.54, 1.807) is 0 Å². The minimum absolute atomic E-state index is 0.249. The lowest BCUT2D eigenvalue weighted by molar-refractivity contribution is -0.143. The average molecular weight is 271 g/mol. The Kier molecular flexibility index (Phi) is 3.65. The molecule has 0 spiro atoms. The Hall–Kier alpha value is -1.31. The number of carbonyl (C=O) groups is 1. The molecule has 0 heterocycles. The highest BCUT2D eigenvalue weighted by Gasteiger charge is 2.38. The standard InChI is InChI=1S/C9H6F5NOS/c10-8(11,7(15)16)5-1-3-6(4-2-5)17-9(12,13)14/h1-4H,(H2,15,16). The van der Waals surface area contributed by atoms with Crippen LogP contribution in [-0.2, 0) is 10.7 Å². The van der Waals surface area contributed by atoms with Gasteiger partial charge in [-0.05, 0) is 23.9 Å². The Morgan fingerprint density at radius 3 is 1.88 bits per heavy atom. The quantitative estimate of drug-likeness (QED) is 0.678. The molecule has 0 unspecified atom stereocenters. The fourth-order valence-electron chi connectivity index (χ4n) is 1.01. The lowest BCUT2D eigenvalue weighted by Gasteiger charge is -2.13. The van der Waals surface area contributed by atoms with E-state index in [2.05, 4.69) is 5.73 Å². The van der Waals surface area contributed by atoms with E-state index in [1.165, 1.54) is 0 Å². The van der Waals surface area contributed by atoms with Gasteiger partial charge in [-0.2, -0.15) is 22.0 Å². The Bertz CT molecular complexity index is 414. The van der Waals surface area contributed by atoms with Crippen molar-refractivity contribution in [2.75, 3.05) is 0 Å². The van der Waals surface area contributed by atoms with Gasteiger partial charge in [0, 0.05) is 10.5 Å². The first-order valence-electron chi connectivity index (χ1n) is 4.17. The first-order valence-corrected chi connectivity index (χ1v) is 4.98. The molecule has 0 aromatic heterocycles. The van der Waals surface area contributed by atoms with Crippen LogP contribution < -0.4 is 5.73 Å². The van der Waals surface area contributed by atoms with Crippen molar-refractivity contribution < 1.29 is 26.7 Å². The fraction of sp³-hybridized carbons (Fsp3) is 0.222. The molecule has 2 N–H and O–H groups in total. The first-order chi connectivity index (χ1) is 7.63. The molecule has 0 saturated carbocycles. The van der Waals surface area contributed by atoms with Crippen molar-refractivity contribution in [2.45, 2.75) is 16.3 Å². The normalized spacial score (nSPS) is 12.5. The van der Waals surface area contributed by atoms with Gasteiger partial charge in [0.2, 0.25) is 0 Å². The summed E-state index contributed by atoms with van der Waals surface area (Å²) >= 11 is -0.433. The molecule has 8 heteroatoms. The number of benzene rings is 1. The van der Waals surface area contributed by atoms with Gasteiger partial charge in [0.1, 0.15) is 0 Å². The summed E-state index contributed by atoms with van der Waals surface area (Å²) in [6.45, 7) is 0. The van der Waals surface area contributed by atoms with E-state index >= 15 is 0 Å². The van der Waals surface area contributed by atoms with Crippen LogP contribution in [0.3, 0.4) is 0 Å². The van der Waals surface area contributed by atoms with Crippen LogP contribution in [0.2, 0.25) is 0 Å². The van der Waals surface area contributed by atoms with E-state index in [-0.39, 0.29) is 4.90 Å². The van der Waals surface area contributed by atoms with E-state index < -0.39 is 34.7 Å². The van der Waals surface area contributed by atoms with Crippen molar-refractivity contribution in [3.63, 3.8) is 0 Å². The Labute approximate surface area is 97.0 Å². The third-order valence-electron chi connectivity index (χ3n) is 1.76. The first kappa shape index (κ1) is 13.8. The van der Waals surface area contributed by atoms with Crippen LogP contribution in [0.25, 0.3) is 0 Å². The zero-order chi connectivity index (χ0) is 13.3. The summed E-state index contributed by atoms with van der Waals surface area (Å²) in [6, 6.07) is 3.17. The van der Waals surface area contributed by atoms with Crippen molar-refractivity contribution in [2.24, 2.45) is 5.73 Å². The summed E-state index contributed by atoms with van der Waals surface area (Å²) in [5.41, 5.74) is -0.764. The van der Waals surface area contributed by atoms with Crippen LogP contribution in [0.4, 0.5) is 22.0 Å². The molecule has 0 radical (unpaired) electrons. The minimum Gasteiger partial charge on any atom is -0.364 e. The minimum atomic E-state index is -4.49. The van der Waals surface area contributed by atoms with Crippen LogP contribution >= 0.6 is 11.8 Å². The second-order valence-electron chi connectivity index (χ2n) is 3.01. The van der Waals surface area contributed by atoms with Gasteiger partial charge in [-0.1, -0.05) is 12.1 Å². The van der Waals surface area contributed by atoms with Gasteiger partial charge in [0.05, 0.1) is 0 Å². The Morgan fingerprint density at radius 2 is 1.53 bits per heavy atom. The van der Waals surface area contributed by atoms with Crippen LogP contribution in [-0.4, -0.2) is 11.4 Å². The molecule has 17 heavy (non-hydrogen) atoms. The highest BCUT2D eigenvalue weighted by molar-refractivity contribution is 8.00. The van der Waals surface area contributed by atoms with Gasteiger partial charge >= 0.3 is 11.4 Å². The number of halogens is 5. The summed E-state index contributed by atoms with van der Waals surface area (Å²) in [6.07, 6.45) is 0. The van der Waals surface area contributed by atoms with Gasteiger partial charge < -0.3 is 5.73 Å². The molecular formula is C9H6F5NOS. The van der Waals surface area contributed by atoms with Crippen LogP contribution in [0, 0.1) is 0 Å². The third-order valence-corrected chi connectivity index (χ3v) is 2.50. The van der Waals surface area contributed by atoms with E-state index in [9.17, 15) is 26.7 Å². The van der Waals surface area contributed by atoms with Crippen molar-refractivity contribution in [3.8, 4) is 0 Å². The predicted molar refractivity (Wildman–Crippen MR) is 51.4 cm³/mol. The second-order valence-corrected chi connectivity index (χ2v) is 4.15. The summed E-state index contributed by atoms with van der Waals surface area (Å²) in [5, 5.41) is 0. The molecule has 1 aromatic carbocycles. The van der Waals surface area contributed by atoms with Crippen molar-refractivity contribution in [3.05, 3.63) is 29.8 Å². The molecule has 0 aliphatic rings. The maximum absolute atomic E-state index is 13.0. The maximum atomic E-state index is 13.0. The number of hydrogen-bond donors (Lipinski definition) is 1. The summed E-state index contributed by atoms with van der Waals surface area (Å²) in [7, 11) is 0. The molecule has 94 valence electrons. The molecule has 1 amide bonds. The lowest BCUT2D eigenvalue weighted by Crippen LogP contribution is -2.32. The predicted octanol–water partition coefficient (Wildman–Crippen LogP) is 2.88. The maximum Gasteiger partial charge on any atom is 0.446 e. The molecule has 0 bridgehead atoms. The average Bonchev–Trinajstić information content (AvgIpc) is 2.15. The molecule has 0 aliphatic heterocycles. The lowest BCUT2D eigenvalue weighted by atomic mass is 10.1. The molecule has 0 fully saturated rings. The van der Waals surface area contributed by atoms with E-state index in [0.29, 0.717) is 0 Å². The number of carbonyl (C=O) groups excluding carboxylic acids is 1. The largest absolute Gasteiger partial charge is 0.446 e. The molecule has 1 aromatic rings. The van der Waals surface area contributed by atoms with E-state index in [1.807, 2.05) is 0 Å². The van der Waals surface area contributed by atoms with Gasteiger partial charge in [0.15, 0.2) is 0 Å². The number of rotatable bonds is 3. The van der Waals surface area contributed by atoms with E-state index in [4.69, 9.17) is 0 Å². The van der Waals surface area contributed by atoms with Gasteiger partial charge in [-0.15, -0.1) is 0 Å². The third kappa shape index (κ3) is 3.58. The molecule has 1 rings (SSSR count). The monoisotopic (exact) mass is 271 g/mol. The van der Waals surface area contributed by atoms with Crippen LogP contribution in [0.1, 0.15) is 5.56 Å². The summed E-state index contributed by atoms with van der Waals surface area (Å²) < 4.78 is 61.9. The summed E-state index contributed by atoms with van der Waals surface area (Å²) in [4.78, 5) is 10.2. The second kappa shape index (κ2) is 4.52. The topological polar surface area (TPSA) is 43.1 Å². The highest BCUT2D eigenvalue weighted by atomic mass is 32.2. The zero-order valence-corrected chi connectivity index (χ0v) is 8.91. The van der Waals surface area contributed by atoms with Gasteiger partial charge in [-0.3, -0.25) is 4.79 Å². The fourth-order valence-corrected chi connectivity index (χ4v) is 1.55. The van der Waals surface area contributed by atoms with Crippen LogP contribution in [0.15, 0.2) is 29.2 Å². The molecular weight excluding hydrogens is 265 g/mol. The number of nitrogens with two attached hydrogens (primary N) is 1. The Morgan fingerprint density at radius 1 is 1.06 bits per heavy atom. The smallest absolute Gasteiger partial charge is 0.364 e. The van der Waals surface area contributed by atoms with Crippen molar-refractivity contribution in [1.82, 2.24) is 0 Å². The number of amides is 1. The highest BCUT2D eigenvalue weighted by Crippen LogP contribution is 2.37. The van der Waals surface area contributed by atoms with E-state index in [0.717, 1.165) is 24.3 Å². The number of alkyl halides is 5. The Balaban J connectivity index is 2.93. The number of primary amides is 1. The van der Waals surface area contributed by atoms with Crippen LogP contribution in [0.5, 0.6) is 0 Å². The molecule has 0 aliphatic carbocycles. The molecule has 0 saturated heterocycles. The summed E-state index contributed by atoms with van der Waals surface area (Å²) in [5.74, 6) is -5.74. The van der Waals surface area contributed by atoms with Gasteiger partial charge in [-0.25, -0.2) is 0 Å². The number of thioether (sulfide) groups is 1. The zero-order valence-electron chi connectivity index (χ0n) is 8.09. The number of hydrogen-bond acceptors (Lipinski definition) is 2. The van der Waals surface area contributed by atoms with Crippen molar-refractivity contribution in [1.29, 1.82) is 0 Å². The molecule has 2 nitrogen and oxygen atoms in total. The SMILES string of the molecule is NC(=O)C(F)(F)c1ccc(SC(F)(F)F)cc1.